The molecule has 1 aromatic rings. The Bertz CT molecular complexity index is 327. The molecule has 0 spiro atoms. The number of rotatable bonds is 2. The highest BCUT2D eigenvalue weighted by Gasteiger charge is 2.07. The standard InChI is InChI=1S/C12H16N2/c1-10-6-11(8-12(13)7-10)9-14-4-2-3-5-14/h2-3,6-8H,4-5,9,13H2,1H3. The molecule has 1 aliphatic rings. The molecule has 0 aromatic heterocycles. The summed E-state index contributed by atoms with van der Waals surface area (Å²) >= 11 is 0. The molecule has 74 valence electrons. The van der Waals surface area contributed by atoms with Gasteiger partial charge in [-0.2, -0.15) is 0 Å². The van der Waals surface area contributed by atoms with E-state index in [1.54, 1.807) is 0 Å². The molecule has 2 nitrogen and oxygen atoms in total. The monoisotopic (exact) mass is 188 g/mol. The minimum absolute atomic E-state index is 0.868. The Morgan fingerprint density at radius 2 is 1.93 bits per heavy atom. The maximum atomic E-state index is 5.80. The molecule has 0 amide bonds. The molecule has 2 heteroatoms. The van der Waals surface area contributed by atoms with Crippen LogP contribution in [0.2, 0.25) is 0 Å². The number of anilines is 1. The first-order valence-electron chi connectivity index (χ1n) is 4.97. The van der Waals surface area contributed by atoms with Crippen molar-refractivity contribution >= 4 is 5.69 Å². The quantitative estimate of drug-likeness (QED) is 0.567. The molecule has 2 rings (SSSR count). The summed E-state index contributed by atoms with van der Waals surface area (Å²) in [4.78, 5) is 2.38. The highest BCUT2D eigenvalue weighted by atomic mass is 15.1. The van der Waals surface area contributed by atoms with Crippen molar-refractivity contribution in [2.24, 2.45) is 0 Å². The van der Waals surface area contributed by atoms with E-state index in [1.807, 2.05) is 6.07 Å². The van der Waals surface area contributed by atoms with Crippen molar-refractivity contribution < 1.29 is 0 Å². The van der Waals surface area contributed by atoms with Gasteiger partial charge in [0.1, 0.15) is 0 Å². The van der Waals surface area contributed by atoms with Crippen LogP contribution in [0.1, 0.15) is 11.1 Å². The smallest absolute Gasteiger partial charge is 0.0319 e. The van der Waals surface area contributed by atoms with Crippen LogP contribution in [0.15, 0.2) is 30.4 Å². The Morgan fingerprint density at radius 1 is 1.21 bits per heavy atom. The number of nitrogen functional groups attached to an aromatic ring is 1. The average molecular weight is 188 g/mol. The molecule has 0 fully saturated rings. The molecule has 1 aliphatic heterocycles. The van der Waals surface area contributed by atoms with E-state index < -0.39 is 0 Å². The number of aryl methyl sites for hydroxylation is 1. The fourth-order valence-corrected chi connectivity index (χ4v) is 1.89. The normalized spacial score (nSPS) is 16.4. The van der Waals surface area contributed by atoms with Crippen molar-refractivity contribution in [1.29, 1.82) is 0 Å². The lowest BCUT2D eigenvalue weighted by molar-refractivity contribution is 0.345. The lowest BCUT2D eigenvalue weighted by Crippen LogP contribution is -2.19. The molecule has 2 N–H and O–H groups in total. The van der Waals surface area contributed by atoms with E-state index in [0.717, 1.165) is 25.3 Å². The van der Waals surface area contributed by atoms with Crippen LogP contribution in [0.5, 0.6) is 0 Å². The van der Waals surface area contributed by atoms with Crippen LogP contribution in [-0.2, 0) is 6.54 Å². The largest absolute Gasteiger partial charge is 0.399 e. The van der Waals surface area contributed by atoms with E-state index in [4.69, 9.17) is 5.73 Å². The molecule has 0 saturated heterocycles. The second-order valence-corrected chi connectivity index (χ2v) is 3.92. The molecule has 0 atom stereocenters. The molecular weight excluding hydrogens is 172 g/mol. The summed E-state index contributed by atoms with van der Waals surface area (Å²) in [6.07, 6.45) is 4.41. The first-order chi connectivity index (χ1) is 6.74. The van der Waals surface area contributed by atoms with E-state index in [0.29, 0.717) is 0 Å². The molecule has 0 bridgehead atoms. The maximum absolute atomic E-state index is 5.80. The fourth-order valence-electron chi connectivity index (χ4n) is 1.89. The van der Waals surface area contributed by atoms with Crippen LogP contribution < -0.4 is 5.73 Å². The van der Waals surface area contributed by atoms with Gasteiger partial charge in [-0.05, 0) is 30.2 Å². The highest BCUT2D eigenvalue weighted by Crippen LogP contribution is 2.14. The second-order valence-electron chi connectivity index (χ2n) is 3.92. The molecule has 14 heavy (non-hydrogen) atoms. The van der Waals surface area contributed by atoms with Gasteiger partial charge >= 0.3 is 0 Å². The van der Waals surface area contributed by atoms with Crippen molar-refractivity contribution in [2.45, 2.75) is 13.5 Å². The SMILES string of the molecule is Cc1cc(N)cc(CN2CC=CC2)c1. The van der Waals surface area contributed by atoms with Gasteiger partial charge in [0.25, 0.3) is 0 Å². The van der Waals surface area contributed by atoms with Crippen molar-refractivity contribution in [2.75, 3.05) is 18.8 Å². The van der Waals surface area contributed by atoms with Gasteiger partial charge in [0.2, 0.25) is 0 Å². The zero-order valence-corrected chi connectivity index (χ0v) is 8.53. The number of nitrogens with two attached hydrogens (primary N) is 1. The Kier molecular flexibility index (Phi) is 2.55. The Labute approximate surface area is 85.0 Å². The van der Waals surface area contributed by atoms with Gasteiger partial charge in [-0.25, -0.2) is 0 Å². The van der Waals surface area contributed by atoms with Crippen LogP contribution in [-0.4, -0.2) is 18.0 Å². The number of hydrogen-bond donors (Lipinski definition) is 1. The summed E-state index contributed by atoms with van der Waals surface area (Å²) in [5.74, 6) is 0. The van der Waals surface area contributed by atoms with Crippen molar-refractivity contribution in [3.63, 3.8) is 0 Å². The van der Waals surface area contributed by atoms with Gasteiger partial charge in [0, 0.05) is 25.3 Å². The number of nitrogens with zero attached hydrogens (tertiary/aromatic N) is 1. The van der Waals surface area contributed by atoms with Crippen LogP contribution in [0.3, 0.4) is 0 Å². The summed E-state index contributed by atoms with van der Waals surface area (Å²) < 4.78 is 0. The van der Waals surface area contributed by atoms with E-state index in [2.05, 4.69) is 36.1 Å². The van der Waals surface area contributed by atoms with Crippen molar-refractivity contribution in [1.82, 2.24) is 4.90 Å². The summed E-state index contributed by atoms with van der Waals surface area (Å²) in [6, 6.07) is 6.27. The Balaban J connectivity index is 2.08. The van der Waals surface area contributed by atoms with Gasteiger partial charge in [-0.15, -0.1) is 0 Å². The molecule has 1 aromatic carbocycles. The van der Waals surface area contributed by atoms with Gasteiger partial charge in [0.15, 0.2) is 0 Å². The number of hydrogen-bond acceptors (Lipinski definition) is 2. The molecular formula is C12H16N2. The lowest BCUT2D eigenvalue weighted by atomic mass is 10.1. The fraction of sp³-hybridized carbons (Fsp3) is 0.333. The van der Waals surface area contributed by atoms with Gasteiger partial charge in [-0.1, -0.05) is 18.2 Å². The maximum Gasteiger partial charge on any atom is 0.0319 e. The minimum atomic E-state index is 0.868. The Hall–Kier alpha value is -1.28. The third-order valence-corrected chi connectivity index (χ3v) is 2.46. The van der Waals surface area contributed by atoms with E-state index >= 15 is 0 Å². The summed E-state index contributed by atoms with van der Waals surface area (Å²) in [7, 11) is 0. The lowest BCUT2D eigenvalue weighted by Gasteiger charge is -2.15. The average Bonchev–Trinajstić information content (AvgIpc) is 2.54. The topological polar surface area (TPSA) is 29.3 Å². The third kappa shape index (κ3) is 2.15. The zero-order valence-electron chi connectivity index (χ0n) is 8.53. The van der Waals surface area contributed by atoms with Gasteiger partial charge in [0.05, 0.1) is 0 Å². The van der Waals surface area contributed by atoms with E-state index in [-0.39, 0.29) is 0 Å². The predicted octanol–water partition coefficient (Wildman–Crippen LogP) is 1.95. The minimum Gasteiger partial charge on any atom is -0.399 e. The van der Waals surface area contributed by atoms with Gasteiger partial charge in [-0.3, -0.25) is 4.90 Å². The van der Waals surface area contributed by atoms with Crippen molar-refractivity contribution in [3.05, 3.63) is 41.5 Å². The first-order valence-corrected chi connectivity index (χ1v) is 4.97. The highest BCUT2D eigenvalue weighted by molar-refractivity contribution is 5.44. The zero-order chi connectivity index (χ0) is 9.97. The van der Waals surface area contributed by atoms with Crippen LogP contribution in [0.25, 0.3) is 0 Å². The second kappa shape index (κ2) is 3.84. The number of benzene rings is 1. The third-order valence-electron chi connectivity index (χ3n) is 2.46. The van der Waals surface area contributed by atoms with E-state index in [9.17, 15) is 0 Å². The summed E-state index contributed by atoms with van der Waals surface area (Å²) in [6.45, 7) is 5.21. The van der Waals surface area contributed by atoms with Crippen LogP contribution in [0, 0.1) is 6.92 Å². The summed E-state index contributed by atoms with van der Waals surface area (Å²) in [5, 5.41) is 0. The summed E-state index contributed by atoms with van der Waals surface area (Å²) in [5.41, 5.74) is 9.22. The van der Waals surface area contributed by atoms with Crippen LogP contribution in [0.4, 0.5) is 5.69 Å². The molecule has 1 heterocycles. The first kappa shape index (κ1) is 9.28. The predicted molar refractivity (Wildman–Crippen MR) is 60.0 cm³/mol. The van der Waals surface area contributed by atoms with Gasteiger partial charge < -0.3 is 5.73 Å². The molecule has 0 aliphatic carbocycles. The van der Waals surface area contributed by atoms with E-state index in [1.165, 1.54) is 11.1 Å². The van der Waals surface area contributed by atoms with Crippen LogP contribution >= 0.6 is 0 Å². The molecule has 0 saturated carbocycles. The Morgan fingerprint density at radius 3 is 2.57 bits per heavy atom. The molecule has 0 radical (unpaired) electrons. The molecule has 0 unspecified atom stereocenters. The van der Waals surface area contributed by atoms with Crippen molar-refractivity contribution in [3.8, 4) is 0 Å².